The number of imidazole rings is 1. The highest BCUT2D eigenvalue weighted by Crippen LogP contribution is 2.37. The molecule has 1 aliphatic carbocycles. The van der Waals surface area contributed by atoms with Crippen molar-refractivity contribution in [2.24, 2.45) is 5.73 Å². The van der Waals surface area contributed by atoms with Gasteiger partial charge < -0.3 is 20.4 Å². The Morgan fingerprint density at radius 2 is 1.74 bits per heavy atom. The van der Waals surface area contributed by atoms with E-state index in [1.54, 1.807) is 30.3 Å². The molecule has 0 bridgehead atoms. The quantitative estimate of drug-likeness (QED) is 0.132. The third-order valence-electron chi connectivity index (χ3n) is 8.99. The van der Waals surface area contributed by atoms with Gasteiger partial charge in [-0.3, -0.25) is 9.59 Å². The number of halogens is 2. The van der Waals surface area contributed by atoms with Crippen LogP contribution in [0.25, 0.3) is 44.9 Å². The highest BCUT2D eigenvalue weighted by molar-refractivity contribution is 6.31. The summed E-state index contributed by atoms with van der Waals surface area (Å²) in [5.41, 5.74) is 11.4. The molecule has 0 atom stereocenters. The number of aromatic nitrogens is 6. The first-order chi connectivity index (χ1) is 24.3. The van der Waals surface area contributed by atoms with E-state index in [4.69, 9.17) is 27.1 Å². The zero-order valence-electron chi connectivity index (χ0n) is 27.0. The molecule has 50 heavy (non-hydrogen) atoms. The molecule has 0 spiro atoms. The molecule has 6 aromatic rings. The van der Waals surface area contributed by atoms with Crippen LogP contribution in [0.5, 0.6) is 5.75 Å². The first-order valence-corrected chi connectivity index (χ1v) is 16.9. The van der Waals surface area contributed by atoms with Crippen LogP contribution in [-0.2, 0) is 11.4 Å². The van der Waals surface area contributed by atoms with Gasteiger partial charge in [0.05, 0.1) is 16.1 Å². The maximum Gasteiger partial charge on any atom is 0.251 e. The van der Waals surface area contributed by atoms with E-state index in [0.29, 0.717) is 34.3 Å². The number of ether oxygens (including phenoxy) is 1. The van der Waals surface area contributed by atoms with Crippen LogP contribution in [0.2, 0.25) is 5.02 Å². The minimum absolute atomic E-state index is 0.0106. The molecule has 0 radical (unpaired) electrons. The molecule has 0 unspecified atom stereocenters. The number of tetrazole rings is 1. The Morgan fingerprint density at radius 1 is 0.960 bits per heavy atom. The SMILES string of the molecule is NC(=O)CCNC(=O)c1ccc(-c2ccc(F)c(Cl)c2)c(COc2ccc(-c3nc4cc(-c5nn[nH]n5)ccc4n3C3CCCCC3)cc2)c1. The summed E-state index contributed by atoms with van der Waals surface area (Å²) in [5.74, 6) is 0.632. The van der Waals surface area contributed by atoms with Crippen LogP contribution in [0.15, 0.2) is 78.9 Å². The third-order valence-corrected chi connectivity index (χ3v) is 9.28. The largest absolute Gasteiger partial charge is 0.489 e. The fourth-order valence-electron chi connectivity index (χ4n) is 6.50. The number of fused-ring (bicyclic) bond motifs is 1. The number of primary amides is 1. The number of amides is 2. The minimum atomic E-state index is -0.525. The van der Waals surface area contributed by atoms with E-state index >= 15 is 0 Å². The summed E-state index contributed by atoms with van der Waals surface area (Å²) in [7, 11) is 0. The molecule has 0 saturated heterocycles. The molecule has 11 nitrogen and oxygen atoms in total. The number of nitrogens with one attached hydrogen (secondary N) is 2. The van der Waals surface area contributed by atoms with Crippen molar-refractivity contribution < 1.29 is 18.7 Å². The Labute approximate surface area is 292 Å². The highest BCUT2D eigenvalue weighted by atomic mass is 35.5. The number of carbonyl (C=O) groups is 2. The number of rotatable bonds is 11. The average Bonchev–Trinajstić information content (AvgIpc) is 3.81. The molecular weight excluding hydrogens is 659 g/mol. The molecule has 0 aliphatic heterocycles. The Kier molecular flexibility index (Phi) is 9.52. The Bertz CT molecular complexity index is 2160. The summed E-state index contributed by atoms with van der Waals surface area (Å²) in [4.78, 5) is 29.1. The smallest absolute Gasteiger partial charge is 0.251 e. The second-order valence-corrected chi connectivity index (χ2v) is 12.7. The monoisotopic (exact) mass is 692 g/mol. The Hall–Kier alpha value is -5.62. The number of nitrogens with zero attached hydrogens (tertiary/aromatic N) is 5. The van der Waals surface area contributed by atoms with Gasteiger partial charge in [0.2, 0.25) is 11.7 Å². The molecule has 4 aromatic carbocycles. The van der Waals surface area contributed by atoms with Crippen LogP contribution >= 0.6 is 11.6 Å². The van der Waals surface area contributed by atoms with Gasteiger partial charge in [-0.2, -0.15) is 5.21 Å². The molecule has 7 rings (SSSR count). The van der Waals surface area contributed by atoms with E-state index < -0.39 is 11.7 Å². The van der Waals surface area contributed by atoms with E-state index in [9.17, 15) is 14.0 Å². The van der Waals surface area contributed by atoms with Crippen molar-refractivity contribution in [1.29, 1.82) is 0 Å². The molecular formula is C37H34ClFN8O3. The number of hydrogen-bond donors (Lipinski definition) is 3. The van der Waals surface area contributed by atoms with Gasteiger partial charge in [-0.15, -0.1) is 10.2 Å². The van der Waals surface area contributed by atoms with E-state index in [1.807, 2.05) is 36.4 Å². The summed E-state index contributed by atoms with van der Waals surface area (Å²) < 4.78 is 22.6. The van der Waals surface area contributed by atoms with Crippen LogP contribution < -0.4 is 15.8 Å². The van der Waals surface area contributed by atoms with Crippen LogP contribution in [0.1, 0.15) is 60.5 Å². The van der Waals surface area contributed by atoms with Crippen molar-refractivity contribution in [2.75, 3.05) is 6.54 Å². The van der Waals surface area contributed by atoms with E-state index in [1.165, 1.54) is 25.3 Å². The summed E-state index contributed by atoms with van der Waals surface area (Å²) in [5, 5.41) is 17.2. The fraction of sp³-hybridized carbons (Fsp3) is 0.243. The van der Waals surface area contributed by atoms with Crippen molar-refractivity contribution >= 4 is 34.4 Å². The predicted octanol–water partition coefficient (Wildman–Crippen LogP) is 7.03. The van der Waals surface area contributed by atoms with Crippen LogP contribution in [0, 0.1) is 5.82 Å². The number of benzene rings is 4. The second-order valence-electron chi connectivity index (χ2n) is 12.3. The lowest BCUT2D eigenvalue weighted by atomic mass is 9.95. The topological polar surface area (TPSA) is 154 Å². The molecule has 13 heteroatoms. The van der Waals surface area contributed by atoms with E-state index in [2.05, 4.69) is 36.6 Å². The Balaban J connectivity index is 1.17. The maximum atomic E-state index is 14.0. The van der Waals surface area contributed by atoms with Crippen LogP contribution in [-0.4, -0.2) is 48.5 Å². The number of H-pyrrole nitrogens is 1. The lowest BCUT2D eigenvalue weighted by Crippen LogP contribution is -2.28. The first-order valence-electron chi connectivity index (χ1n) is 16.5. The van der Waals surface area contributed by atoms with E-state index in [0.717, 1.165) is 46.4 Å². The lowest BCUT2D eigenvalue weighted by molar-refractivity contribution is -0.117. The van der Waals surface area contributed by atoms with Crippen LogP contribution in [0.3, 0.4) is 0 Å². The molecule has 1 fully saturated rings. The van der Waals surface area contributed by atoms with Gasteiger partial charge in [-0.25, -0.2) is 9.37 Å². The lowest BCUT2D eigenvalue weighted by Gasteiger charge is -2.25. The number of hydrogen-bond acceptors (Lipinski definition) is 7. The molecule has 4 N–H and O–H groups in total. The first kappa shape index (κ1) is 32.9. The zero-order chi connectivity index (χ0) is 34.6. The van der Waals surface area contributed by atoms with Gasteiger partial charge in [0, 0.05) is 35.7 Å². The van der Waals surface area contributed by atoms with Crippen molar-refractivity contribution in [3.8, 4) is 39.7 Å². The van der Waals surface area contributed by atoms with Crippen molar-refractivity contribution in [3.63, 3.8) is 0 Å². The van der Waals surface area contributed by atoms with Crippen molar-refractivity contribution in [3.05, 3.63) is 101 Å². The van der Waals surface area contributed by atoms with E-state index in [-0.39, 0.29) is 30.5 Å². The normalized spacial score (nSPS) is 13.4. The summed E-state index contributed by atoms with van der Waals surface area (Å²) in [6.45, 7) is 0.238. The standard InChI is InChI=1S/C37H34ClFN8O3/c38-30-19-23(9-14-31(30)39)29-13-8-25(37(49)41-17-16-34(40)48)18-26(29)21-50-28-11-6-22(7-12-28)36-42-32-20-24(35-43-45-46-44-35)10-15-33(32)47(36)27-4-2-1-3-5-27/h6-15,18-20,27H,1-5,16-17,21H2,(H2,40,48)(H,41,49)(H,43,44,45,46). The van der Waals surface area contributed by atoms with Crippen molar-refractivity contribution in [2.45, 2.75) is 51.2 Å². The van der Waals surface area contributed by atoms with Gasteiger partial charge in [0.1, 0.15) is 24.0 Å². The van der Waals surface area contributed by atoms with Gasteiger partial charge in [-0.1, -0.05) is 43.0 Å². The van der Waals surface area contributed by atoms with Crippen molar-refractivity contribution in [1.82, 2.24) is 35.5 Å². The number of carbonyl (C=O) groups excluding carboxylic acids is 2. The summed E-state index contributed by atoms with van der Waals surface area (Å²) in [6.07, 6.45) is 5.82. The highest BCUT2D eigenvalue weighted by Gasteiger charge is 2.23. The predicted molar refractivity (Wildman–Crippen MR) is 188 cm³/mol. The van der Waals surface area contributed by atoms with Gasteiger partial charge in [0.15, 0.2) is 0 Å². The molecule has 1 aliphatic rings. The molecule has 254 valence electrons. The molecule has 1 saturated carbocycles. The number of nitrogens with two attached hydrogens (primary N) is 1. The van der Waals surface area contributed by atoms with Gasteiger partial charge in [-0.05, 0) is 101 Å². The third kappa shape index (κ3) is 7.06. The fourth-order valence-corrected chi connectivity index (χ4v) is 6.68. The zero-order valence-corrected chi connectivity index (χ0v) is 27.8. The molecule has 2 heterocycles. The summed E-state index contributed by atoms with van der Waals surface area (Å²) >= 11 is 6.11. The molecule has 2 amide bonds. The Morgan fingerprint density at radius 3 is 2.48 bits per heavy atom. The minimum Gasteiger partial charge on any atom is -0.489 e. The molecule has 2 aromatic heterocycles. The summed E-state index contributed by atoms with van der Waals surface area (Å²) in [6, 6.07) is 23.9. The van der Waals surface area contributed by atoms with Gasteiger partial charge in [0.25, 0.3) is 5.91 Å². The number of aromatic amines is 1. The average molecular weight is 693 g/mol. The second kappa shape index (κ2) is 14.5. The maximum absolute atomic E-state index is 14.0. The van der Waals surface area contributed by atoms with Crippen LogP contribution in [0.4, 0.5) is 4.39 Å². The van der Waals surface area contributed by atoms with Gasteiger partial charge >= 0.3 is 0 Å².